The second-order valence-corrected chi connectivity index (χ2v) is 5.03. The molecular formula is C15H24N2O2. The molecule has 0 saturated carbocycles. The summed E-state index contributed by atoms with van der Waals surface area (Å²) in [5, 5.41) is 6.32. The molecule has 0 saturated heterocycles. The van der Waals surface area contributed by atoms with Gasteiger partial charge in [0.15, 0.2) is 0 Å². The highest BCUT2D eigenvalue weighted by Gasteiger charge is 2.13. The third-order valence-corrected chi connectivity index (χ3v) is 3.03. The summed E-state index contributed by atoms with van der Waals surface area (Å²) < 4.78 is 5.22. The SMILES string of the molecule is COCC(NCc1ccccc1NC(C)=O)C(C)C. The molecule has 0 fully saturated rings. The minimum absolute atomic E-state index is 0.0512. The number of carbonyl (C=O) groups excluding carboxylic acids is 1. The molecule has 0 aliphatic heterocycles. The smallest absolute Gasteiger partial charge is 0.221 e. The van der Waals surface area contributed by atoms with Crippen LogP contribution >= 0.6 is 0 Å². The second kappa shape index (κ2) is 7.92. The summed E-state index contributed by atoms with van der Waals surface area (Å²) in [4.78, 5) is 11.2. The summed E-state index contributed by atoms with van der Waals surface area (Å²) in [5.74, 6) is 0.442. The van der Waals surface area contributed by atoms with E-state index >= 15 is 0 Å². The first kappa shape index (κ1) is 15.7. The summed E-state index contributed by atoms with van der Waals surface area (Å²) in [6.07, 6.45) is 0. The van der Waals surface area contributed by atoms with Gasteiger partial charge in [0.1, 0.15) is 0 Å². The fraction of sp³-hybridized carbons (Fsp3) is 0.533. The predicted molar refractivity (Wildman–Crippen MR) is 78.1 cm³/mol. The summed E-state index contributed by atoms with van der Waals surface area (Å²) in [7, 11) is 1.71. The maximum absolute atomic E-state index is 11.2. The van der Waals surface area contributed by atoms with Gasteiger partial charge in [0, 0.05) is 32.3 Å². The van der Waals surface area contributed by atoms with Gasteiger partial charge in [-0.25, -0.2) is 0 Å². The molecule has 1 aromatic carbocycles. The molecule has 0 aliphatic rings. The van der Waals surface area contributed by atoms with Crippen LogP contribution < -0.4 is 10.6 Å². The van der Waals surface area contributed by atoms with E-state index in [4.69, 9.17) is 4.74 Å². The maximum Gasteiger partial charge on any atom is 0.221 e. The van der Waals surface area contributed by atoms with Gasteiger partial charge < -0.3 is 15.4 Å². The van der Waals surface area contributed by atoms with Crippen LogP contribution in [0.5, 0.6) is 0 Å². The monoisotopic (exact) mass is 264 g/mol. The molecule has 2 N–H and O–H groups in total. The standard InChI is InChI=1S/C15H24N2O2/c1-11(2)15(10-19-4)16-9-13-7-5-6-8-14(13)17-12(3)18/h5-8,11,15-16H,9-10H2,1-4H3,(H,17,18). The lowest BCUT2D eigenvalue weighted by Crippen LogP contribution is -2.37. The number of para-hydroxylation sites is 1. The highest BCUT2D eigenvalue weighted by atomic mass is 16.5. The fourth-order valence-electron chi connectivity index (χ4n) is 1.89. The maximum atomic E-state index is 11.2. The second-order valence-electron chi connectivity index (χ2n) is 5.03. The Kier molecular flexibility index (Phi) is 6.53. The lowest BCUT2D eigenvalue weighted by Gasteiger charge is -2.22. The number of benzene rings is 1. The molecule has 1 atom stereocenters. The molecule has 19 heavy (non-hydrogen) atoms. The van der Waals surface area contributed by atoms with Crippen LogP contribution in [-0.2, 0) is 16.1 Å². The molecule has 0 aliphatic carbocycles. The Hall–Kier alpha value is -1.39. The summed E-state index contributed by atoms with van der Waals surface area (Å²) in [6.45, 7) is 7.24. The van der Waals surface area contributed by atoms with Crippen molar-refractivity contribution in [3.05, 3.63) is 29.8 Å². The largest absolute Gasteiger partial charge is 0.383 e. The molecule has 4 nitrogen and oxygen atoms in total. The molecule has 0 heterocycles. The summed E-state index contributed by atoms with van der Waals surface area (Å²) in [6, 6.07) is 8.13. The Morgan fingerprint density at radius 1 is 1.32 bits per heavy atom. The van der Waals surface area contributed by atoms with Crippen molar-refractivity contribution in [1.29, 1.82) is 0 Å². The summed E-state index contributed by atoms with van der Waals surface area (Å²) in [5.41, 5.74) is 1.95. The third-order valence-electron chi connectivity index (χ3n) is 3.03. The van der Waals surface area contributed by atoms with Crippen molar-refractivity contribution in [2.24, 2.45) is 5.92 Å². The first-order valence-electron chi connectivity index (χ1n) is 6.62. The van der Waals surface area contributed by atoms with Gasteiger partial charge in [-0.15, -0.1) is 0 Å². The number of methoxy groups -OCH3 is 1. The number of hydrogen-bond acceptors (Lipinski definition) is 3. The van der Waals surface area contributed by atoms with E-state index in [1.807, 2.05) is 24.3 Å². The van der Waals surface area contributed by atoms with Crippen LogP contribution in [0.1, 0.15) is 26.3 Å². The third kappa shape index (κ3) is 5.41. The van der Waals surface area contributed by atoms with Gasteiger partial charge in [-0.05, 0) is 17.5 Å². The van der Waals surface area contributed by atoms with Crippen molar-refractivity contribution in [1.82, 2.24) is 5.32 Å². The van der Waals surface area contributed by atoms with E-state index in [-0.39, 0.29) is 5.91 Å². The molecule has 1 rings (SSSR count). The topological polar surface area (TPSA) is 50.4 Å². The van der Waals surface area contributed by atoms with Gasteiger partial charge in [-0.1, -0.05) is 32.0 Å². The normalized spacial score (nSPS) is 12.5. The van der Waals surface area contributed by atoms with E-state index in [1.54, 1.807) is 7.11 Å². The molecule has 1 amide bonds. The minimum Gasteiger partial charge on any atom is -0.383 e. The van der Waals surface area contributed by atoms with Gasteiger partial charge in [0.25, 0.3) is 0 Å². The van der Waals surface area contributed by atoms with Crippen LogP contribution in [0.25, 0.3) is 0 Å². The van der Waals surface area contributed by atoms with E-state index in [2.05, 4.69) is 24.5 Å². The van der Waals surface area contributed by atoms with Crippen molar-refractivity contribution in [2.45, 2.75) is 33.4 Å². The molecule has 0 spiro atoms. The number of ether oxygens (including phenoxy) is 1. The lowest BCUT2D eigenvalue weighted by atomic mass is 10.0. The molecule has 1 aromatic rings. The predicted octanol–water partition coefficient (Wildman–Crippen LogP) is 2.41. The number of rotatable bonds is 7. The summed E-state index contributed by atoms with van der Waals surface area (Å²) >= 11 is 0. The molecule has 4 heteroatoms. The molecular weight excluding hydrogens is 240 g/mol. The Morgan fingerprint density at radius 3 is 2.58 bits per heavy atom. The molecule has 0 aromatic heterocycles. The molecule has 106 valence electrons. The van der Waals surface area contributed by atoms with Gasteiger partial charge in [0.2, 0.25) is 5.91 Å². The number of hydrogen-bond donors (Lipinski definition) is 2. The van der Waals surface area contributed by atoms with Crippen LogP contribution in [0.3, 0.4) is 0 Å². The van der Waals surface area contributed by atoms with Gasteiger partial charge in [0.05, 0.1) is 6.61 Å². The zero-order valence-corrected chi connectivity index (χ0v) is 12.2. The van der Waals surface area contributed by atoms with Gasteiger partial charge in [-0.2, -0.15) is 0 Å². The first-order chi connectivity index (χ1) is 9.04. The van der Waals surface area contributed by atoms with Gasteiger partial charge in [-0.3, -0.25) is 4.79 Å². The zero-order valence-electron chi connectivity index (χ0n) is 12.2. The number of anilines is 1. The van der Waals surface area contributed by atoms with Crippen molar-refractivity contribution in [3.8, 4) is 0 Å². The highest BCUT2D eigenvalue weighted by molar-refractivity contribution is 5.89. The van der Waals surface area contributed by atoms with Crippen molar-refractivity contribution < 1.29 is 9.53 Å². The quantitative estimate of drug-likeness (QED) is 0.795. The number of carbonyl (C=O) groups is 1. The van der Waals surface area contributed by atoms with Crippen LogP contribution in [-0.4, -0.2) is 25.7 Å². The van der Waals surface area contributed by atoms with Crippen LogP contribution in [0, 0.1) is 5.92 Å². The Labute approximate surface area is 115 Å². The zero-order chi connectivity index (χ0) is 14.3. The van der Waals surface area contributed by atoms with Gasteiger partial charge >= 0.3 is 0 Å². The van der Waals surface area contributed by atoms with Crippen molar-refractivity contribution in [3.63, 3.8) is 0 Å². The average molecular weight is 264 g/mol. The van der Waals surface area contributed by atoms with Crippen LogP contribution in [0.15, 0.2) is 24.3 Å². The average Bonchev–Trinajstić information content (AvgIpc) is 2.35. The molecule has 0 bridgehead atoms. The number of amides is 1. The van der Waals surface area contributed by atoms with E-state index in [9.17, 15) is 4.79 Å². The van der Waals surface area contributed by atoms with E-state index < -0.39 is 0 Å². The first-order valence-corrected chi connectivity index (χ1v) is 6.62. The molecule has 1 unspecified atom stereocenters. The van der Waals surface area contributed by atoms with E-state index in [0.29, 0.717) is 25.1 Å². The van der Waals surface area contributed by atoms with Crippen LogP contribution in [0.2, 0.25) is 0 Å². The van der Waals surface area contributed by atoms with Crippen molar-refractivity contribution in [2.75, 3.05) is 19.0 Å². The fourth-order valence-corrected chi connectivity index (χ4v) is 1.89. The minimum atomic E-state index is -0.0512. The Balaban J connectivity index is 2.68. The molecule has 0 radical (unpaired) electrons. The van der Waals surface area contributed by atoms with E-state index in [1.165, 1.54) is 6.92 Å². The van der Waals surface area contributed by atoms with Crippen LogP contribution in [0.4, 0.5) is 5.69 Å². The lowest BCUT2D eigenvalue weighted by molar-refractivity contribution is -0.114. The van der Waals surface area contributed by atoms with E-state index in [0.717, 1.165) is 11.3 Å². The highest BCUT2D eigenvalue weighted by Crippen LogP contribution is 2.15. The Bertz CT molecular complexity index is 405. The Morgan fingerprint density at radius 2 is 2.00 bits per heavy atom. The van der Waals surface area contributed by atoms with Crippen molar-refractivity contribution >= 4 is 11.6 Å². The number of nitrogens with one attached hydrogen (secondary N) is 2.